The van der Waals surface area contributed by atoms with Gasteiger partial charge in [-0.05, 0) is 8.09 Å². The maximum Gasteiger partial charge on any atom is 0.225 e. The van der Waals surface area contributed by atoms with Gasteiger partial charge in [0.25, 0.3) is 0 Å². The van der Waals surface area contributed by atoms with E-state index in [1.54, 1.807) is 0 Å². The number of aromatic nitrogens is 3. The van der Waals surface area contributed by atoms with Gasteiger partial charge >= 0.3 is 0 Å². The second kappa shape index (κ2) is 3.82. The lowest BCUT2D eigenvalue weighted by atomic mass is 10.2. The molecular formula is C8H8IN5. The van der Waals surface area contributed by atoms with E-state index in [-0.39, 0.29) is 32.6 Å². The van der Waals surface area contributed by atoms with Gasteiger partial charge in [-0.25, -0.2) is 0 Å². The van der Waals surface area contributed by atoms with Crippen LogP contribution >= 0.6 is 20.7 Å². The first kappa shape index (κ1) is 9.25. The Bertz CT molecular complexity index is 429. The van der Waals surface area contributed by atoms with Gasteiger partial charge in [0.15, 0.2) is 5.82 Å². The van der Waals surface area contributed by atoms with Crippen molar-refractivity contribution in [2.75, 3.05) is 11.5 Å². The molecule has 0 unspecified atom stereocenters. The number of nitrogen functional groups attached to an aromatic ring is 2. The fraction of sp³-hybridized carbons (Fsp3) is 0. The van der Waals surface area contributed by atoms with Crippen LogP contribution in [0.5, 0.6) is 0 Å². The van der Waals surface area contributed by atoms with E-state index in [0.29, 0.717) is 5.82 Å². The summed E-state index contributed by atoms with van der Waals surface area (Å²) >= 11 is -0.0270. The lowest BCUT2D eigenvalue weighted by Crippen LogP contribution is -2.06. The largest absolute Gasteiger partial charge is 0.368 e. The highest BCUT2D eigenvalue weighted by Crippen LogP contribution is 2.19. The Morgan fingerprint density at radius 1 is 1.07 bits per heavy atom. The van der Waals surface area contributed by atoms with Crippen LogP contribution in [-0.2, 0) is 0 Å². The Morgan fingerprint density at radius 3 is 2.36 bits per heavy atom. The summed E-state index contributed by atoms with van der Waals surface area (Å²) in [4.78, 5) is 11.7. The maximum atomic E-state index is 5.47. The molecule has 0 amide bonds. The van der Waals surface area contributed by atoms with E-state index in [0.717, 1.165) is 5.57 Å². The molecule has 0 bridgehead atoms. The molecule has 1 aromatic rings. The molecule has 1 aliphatic rings. The predicted molar refractivity (Wildman–Crippen MR) is 65.9 cm³/mol. The summed E-state index contributed by atoms with van der Waals surface area (Å²) < 4.78 is 4.27. The van der Waals surface area contributed by atoms with E-state index < -0.39 is 0 Å². The summed E-state index contributed by atoms with van der Waals surface area (Å²) in [6.07, 6.45) is 3.94. The molecule has 0 aliphatic carbocycles. The first-order valence-electron chi connectivity index (χ1n) is 3.85. The topological polar surface area (TPSA) is 90.7 Å². The van der Waals surface area contributed by atoms with Crippen molar-refractivity contribution in [2.24, 2.45) is 0 Å². The van der Waals surface area contributed by atoms with E-state index in [1.165, 1.54) is 0 Å². The second-order valence-corrected chi connectivity index (χ2v) is 4.61. The van der Waals surface area contributed by atoms with Gasteiger partial charge in [0.05, 0.1) is 0 Å². The summed E-state index contributed by atoms with van der Waals surface area (Å²) in [5.41, 5.74) is 11.9. The average molecular weight is 301 g/mol. The van der Waals surface area contributed by atoms with Crippen molar-refractivity contribution >= 4 is 42.2 Å². The fourth-order valence-electron chi connectivity index (χ4n) is 0.984. The average Bonchev–Trinajstić information content (AvgIpc) is 2.18. The molecule has 1 aromatic heterocycles. The van der Waals surface area contributed by atoms with Gasteiger partial charge in [0, 0.05) is 5.57 Å². The van der Waals surface area contributed by atoms with Crippen LogP contribution in [-0.4, -0.2) is 19.0 Å². The molecule has 0 spiro atoms. The number of rotatable bonds is 1. The Kier molecular flexibility index (Phi) is 2.53. The van der Waals surface area contributed by atoms with Crippen LogP contribution in [0.25, 0.3) is 5.57 Å². The summed E-state index contributed by atoms with van der Waals surface area (Å²) in [5, 5.41) is 0. The van der Waals surface area contributed by atoms with E-state index in [1.807, 2.05) is 12.2 Å². The predicted octanol–water partition coefficient (Wildman–Crippen LogP) is 0.720. The zero-order chi connectivity index (χ0) is 9.97. The highest BCUT2D eigenvalue weighted by atomic mass is 127. The molecule has 72 valence electrons. The Balaban J connectivity index is 2.46. The van der Waals surface area contributed by atoms with Gasteiger partial charge in [-0.1, -0.05) is 32.9 Å². The van der Waals surface area contributed by atoms with Crippen molar-refractivity contribution in [3.05, 3.63) is 22.1 Å². The van der Waals surface area contributed by atoms with Crippen molar-refractivity contribution in [3.8, 4) is 0 Å². The van der Waals surface area contributed by atoms with Crippen LogP contribution in [0.2, 0.25) is 0 Å². The van der Waals surface area contributed by atoms with Crippen LogP contribution in [0.4, 0.5) is 11.9 Å². The molecule has 0 saturated carbocycles. The molecule has 0 radical (unpaired) electrons. The van der Waals surface area contributed by atoms with Crippen LogP contribution in [0.15, 0.2) is 16.2 Å². The molecular weight excluding hydrogens is 293 g/mol. The van der Waals surface area contributed by atoms with Crippen molar-refractivity contribution in [3.63, 3.8) is 0 Å². The Morgan fingerprint density at radius 2 is 1.79 bits per heavy atom. The summed E-state index contributed by atoms with van der Waals surface area (Å²) in [5.74, 6) is 0.878. The molecule has 2 heterocycles. The van der Waals surface area contributed by atoms with E-state index in [4.69, 9.17) is 11.5 Å². The van der Waals surface area contributed by atoms with E-state index >= 15 is 0 Å². The third-order valence-corrected chi connectivity index (χ3v) is 3.39. The molecule has 0 atom stereocenters. The fourth-order valence-corrected chi connectivity index (χ4v) is 2.51. The first-order chi connectivity index (χ1) is 6.75. The standard InChI is InChI=1S/C8H8IN5/c10-7-12-6(13-8(11)14-7)5-2-1-3-9-4-5/h1-4H,(H4,10,11,12,13,14). The number of halogens is 1. The number of nitrogens with two attached hydrogens (primary N) is 2. The highest BCUT2D eigenvalue weighted by Gasteiger charge is 2.05. The Hall–Kier alpha value is -1.31. The molecule has 1 aliphatic heterocycles. The van der Waals surface area contributed by atoms with Crippen LogP contribution in [0.3, 0.4) is 0 Å². The van der Waals surface area contributed by atoms with Crippen LogP contribution < -0.4 is 11.5 Å². The SMILES string of the molecule is Nc1nc(N)nc(C2=CI=CC=C2)n1. The lowest BCUT2D eigenvalue weighted by Gasteiger charge is -2.03. The summed E-state index contributed by atoms with van der Waals surface area (Å²) in [6.45, 7) is 0. The quantitative estimate of drug-likeness (QED) is 0.746. The monoisotopic (exact) mass is 301 g/mol. The zero-order valence-corrected chi connectivity index (χ0v) is 9.34. The molecule has 6 heteroatoms. The number of anilines is 2. The number of allylic oxidation sites excluding steroid dienone is 3. The van der Waals surface area contributed by atoms with Crippen molar-refractivity contribution in [1.29, 1.82) is 0 Å². The zero-order valence-electron chi connectivity index (χ0n) is 7.18. The van der Waals surface area contributed by atoms with Gasteiger partial charge in [0.2, 0.25) is 11.9 Å². The number of hydrogen-bond donors (Lipinski definition) is 2. The molecule has 5 nitrogen and oxygen atoms in total. The molecule has 2 rings (SSSR count). The second-order valence-electron chi connectivity index (χ2n) is 2.55. The van der Waals surface area contributed by atoms with Gasteiger partial charge in [-0.3, -0.25) is 0 Å². The minimum Gasteiger partial charge on any atom is -0.368 e. The Labute approximate surface area is 90.7 Å². The van der Waals surface area contributed by atoms with Crippen molar-refractivity contribution in [1.82, 2.24) is 15.0 Å². The van der Waals surface area contributed by atoms with Crippen molar-refractivity contribution in [2.45, 2.75) is 0 Å². The molecule has 4 N–H and O–H groups in total. The first-order valence-corrected chi connectivity index (χ1v) is 6.34. The third kappa shape index (κ3) is 1.95. The van der Waals surface area contributed by atoms with Crippen LogP contribution in [0, 0.1) is 0 Å². The summed E-state index contributed by atoms with van der Waals surface area (Å²) in [6, 6.07) is 0. The van der Waals surface area contributed by atoms with Crippen LogP contribution in [0.1, 0.15) is 5.82 Å². The highest BCUT2D eigenvalue weighted by molar-refractivity contribution is 14.2. The molecule has 0 aromatic carbocycles. The third-order valence-electron chi connectivity index (χ3n) is 1.53. The molecule has 0 saturated heterocycles. The smallest absolute Gasteiger partial charge is 0.225 e. The minimum absolute atomic E-state index is 0.0270. The number of hydrogen-bond acceptors (Lipinski definition) is 5. The normalized spacial score (nSPS) is 14.7. The van der Waals surface area contributed by atoms with Gasteiger partial charge < -0.3 is 11.5 Å². The maximum absolute atomic E-state index is 5.47. The van der Waals surface area contributed by atoms with Gasteiger partial charge in [-0.2, -0.15) is 15.0 Å². The number of nitrogens with zero attached hydrogens (tertiary/aromatic N) is 3. The summed E-state index contributed by atoms with van der Waals surface area (Å²) in [7, 11) is 0. The van der Waals surface area contributed by atoms with E-state index in [9.17, 15) is 0 Å². The lowest BCUT2D eigenvalue weighted by molar-refractivity contribution is 1.05. The van der Waals surface area contributed by atoms with E-state index in [2.05, 4.69) is 23.0 Å². The molecule has 0 fully saturated rings. The molecule has 14 heavy (non-hydrogen) atoms. The van der Waals surface area contributed by atoms with Gasteiger partial charge in [0.1, 0.15) is 0 Å². The van der Waals surface area contributed by atoms with Gasteiger partial charge in [-0.15, -0.1) is 0 Å². The van der Waals surface area contributed by atoms with Crippen molar-refractivity contribution < 1.29 is 0 Å². The minimum atomic E-state index is -0.0270.